The second-order valence-corrected chi connectivity index (χ2v) is 4.63. The predicted molar refractivity (Wildman–Crippen MR) is 75.3 cm³/mol. The fraction of sp³-hybridized carbons (Fsp3) is 0.429. The maximum absolute atomic E-state index is 5.63. The van der Waals surface area contributed by atoms with E-state index in [1.54, 1.807) is 0 Å². The van der Waals surface area contributed by atoms with Crippen LogP contribution in [-0.2, 0) is 19.4 Å². The molecule has 2 rings (SSSR count). The highest BCUT2D eigenvalue weighted by Gasteiger charge is 2.09. The molecule has 1 atom stereocenters. The third kappa shape index (κ3) is 4.15. The van der Waals surface area contributed by atoms with E-state index in [0.29, 0.717) is 0 Å². The molecule has 0 saturated heterocycles. The Kier molecular flexibility index (Phi) is 5.06. The number of rotatable bonds is 7. The fourth-order valence-corrected chi connectivity index (χ4v) is 2.08. The molecule has 0 spiro atoms. The van der Waals surface area contributed by atoms with Crippen LogP contribution in [-0.4, -0.2) is 20.8 Å². The highest BCUT2D eigenvalue weighted by Crippen LogP contribution is 2.08. The van der Waals surface area contributed by atoms with E-state index in [0.717, 1.165) is 31.5 Å². The van der Waals surface area contributed by atoms with Gasteiger partial charge in [0.05, 0.1) is 6.20 Å². The van der Waals surface area contributed by atoms with E-state index in [-0.39, 0.29) is 6.04 Å². The van der Waals surface area contributed by atoms with Gasteiger partial charge in [-0.3, -0.25) is 20.9 Å². The summed E-state index contributed by atoms with van der Waals surface area (Å²) in [6.45, 7) is 2.98. The van der Waals surface area contributed by atoms with Crippen molar-refractivity contribution < 1.29 is 0 Å². The highest BCUT2D eigenvalue weighted by molar-refractivity contribution is 5.07. The Balaban J connectivity index is 1.86. The number of hydrazine groups is 1. The van der Waals surface area contributed by atoms with Gasteiger partial charge in [0, 0.05) is 30.7 Å². The zero-order chi connectivity index (χ0) is 13.5. The lowest BCUT2D eigenvalue weighted by Gasteiger charge is -2.14. The third-order valence-electron chi connectivity index (χ3n) is 3.20. The second-order valence-electron chi connectivity index (χ2n) is 4.63. The standard InChI is InChI=1S/C14H21N5/c1-2-19-11-12(10-17-19)9-14(18-15)7-6-13-5-3-4-8-16-13/h3-5,8,10-11,14,18H,2,6-7,9,15H2,1H3. The predicted octanol–water partition coefficient (Wildman–Crippen LogP) is 1.31. The summed E-state index contributed by atoms with van der Waals surface area (Å²) in [5, 5.41) is 4.28. The monoisotopic (exact) mass is 259 g/mol. The van der Waals surface area contributed by atoms with Gasteiger partial charge in [0.1, 0.15) is 0 Å². The minimum Gasteiger partial charge on any atom is -0.273 e. The smallest absolute Gasteiger partial charge is 0.0522 e. The third-order valence-corrected chi connectivity index (χ3v) is 3.20. The summed E-state index contributed by atoms with van der Waals surface area (Å²) in [5.41, 5.74) is 5.20. The Morgan fingerprint density at radius 2 is 2.32 bits per heavy atom. The number of aryl methyl sites for hydroxylation is 2. The van der Waals surface area contributed by atoms with E-state index in [1.807, 2.05) is 35.3 Å². The van der Waals surface area contributed by atoms with Crippen LogP contribution in [0.2, 0.25) is 0 Å². The van der Waals surface area contributed by atoms with Gasteiger partial charge in [0.15, 0.2) is 0 Å². The molecule has 0 bridgehead atoms. The first-order valence-corrected chi connectivity index (χ1v) is 6.69. The zero-order valence-corrected chi connectivity index (χ0v) is 11.3. The maximum atomic E-state index is 5.63. The molecule has 0 aromatic carbocycles. The van der Waals surface area contributed by atoms with Crippen LogP contribution >= 0.6 is 0 Å². The van der Waals surface area contributed by atoms with E-state index in [1.165, 1.54) is 5.56 Å². The van der Waals surface area contributed by atoms with Crippen LogP contribution in [0.15, 0.2) is 36.8 Å². The van der Waals surface area contributed by atoms with Gasteiger partial charge in [0.25, 0.3) is 0 Å². The average molecular weight is 259 g/mol. The summed E-state index contributed by atoms with van der Waals surface area (Å²) in [6, 6.07) is 6.24. The molecule has 0 aliphatic heterocycles. The molecule has 0 aliphatic carbocycles. The molecule has 5 heteroatoms. The molecule has 5 nitrogen and oxygen atoms in total. The molecule has 1 unspecified atom stereocenters. The molecule has 2 aromatic rings. The number of hydrogen-bond donors (Lipinski definition) is 2. The number of pyridine rings is 1. The SMILES string of the molecule is CCn1cc(CC(CCc2ccccn2)NN)cn1. The van der Waals surface area contributed by atoms with Gasteiger partial charge in [0.2, 0.25) is 0 Å². The lowest BCUT2D eigenvalue weighted by atomic mass is 10.0. The molecule has 0 fully saturated rings. The molecule has 19 heavy (non-hydrogen) atoms. The molecule has 0 amide bonds. The Labute approximate surface area is 113 Å². The van der Waals surface area contributed by atoms with Crippen molar-refractivity contribution in [1.82, 2.24) is 20.2 Å². The zero-order valence-electron chi connectivity index (χ0n) is 11.3. The van der Waals surface area contributed by atoms with Crippen molar-refractivity contribution >= 4 is 0 Å². The highest BCUT2D eigenvalue weighted by atomic mass is 15.3. The molecule has 2 heterocycles. The van der Waals surface area contributed by atoms with Crippen LogP contribution < -0.4 is 11.3 Å². The Bertz CT molecular complexity index is 480. The van der Waals surface area contributed by atoms with Crippen molar-refractivity contribution in [1.29, 1.82) is 0 Å². The number of nitrogens with zero attached hydrogens (tertiary/aromatic N) is 3. The normalized spacial score (nSPS) is 12.5. The molecular weight excluding hydrogens is 238 g/mol. The van der Waals surface area contributed by atoms with Crippen molar-refractivity contribution in [3.05, 3.63) is 48.0 Å². The minimum atomic E-state index is 0.247. The molecule has 0 saturated carbocycles. The summed E-state index contributed by atoms with van der Waals surface area (Å²) in [5.74, 6) is 5.63. The Hall–Kier alpha value is -1.72. The van der Waals surface area contributed by atoms with Gasteiger partial charge in [-0.2, -0.15) is 5.10 Å². The van der Waals surface area contributed by atoms with Crippen LogP contribution in [0.3, 0.4) is 0 Å². The topological polar surface area (TPSA) is 68.8 Å². The molecule has 0 radical (unpaired) electrons. The largest absolute Gasteiger partial charge is 0.273 e. The summed E-state index contributed by atoms with van der Waals surface area (Å²) >= 11 is 0. The van der Waals surface area contributed by atoms with Gasteiger partial charge < -0.3 is 0 Å². The van der Waals surface area contributed by atoms with E-state index >= 15 is 0 Å². The van der Waals surface area contributed by atoms with Crippen molar-refractivity contribution in [3.63, 3.8) is 0 Å². The van der Waals surface area contributed by atoms with Gasteiger partial charge >= 0.3 is 0 Å². The number of nitrogens with one attached hydrogen (secondary N) is 1. The Morgan fingerprint density at radius 3 is 2.95 bits per heavy atom. The van der Waals surface area contributed by atoms with Crippen molar-refractivity contribution in [2.45, 2.75) is 38.8 Å². The molecular formula is C14H21N5. The summed E-state index contributed by atoms with van der Waals surface area (Å²) < 4.78 is 1.93. The quantitative estimate of drug-likeness (QED) is 0.581. The number of aromatic nitrogens is 3. The molecule has 3 N–H and O–H groups in total. The first-order chi connectivity index (χ1) is 9.31. The van der Waals surface area contributed by atoms with E-state index in [9.17, 15) is 0 Å². The van der Waals surface area contributed by atoms with Crippen LogP contribution in [0, 0.1) is 0 Å². The van der Waals surface area contributed by atoms with Crippen molar-refractivity contribution in [2.75, 3.05) is 0 Å². The van der Waals surface area contributed by atoms with Crippen molar-refractivity contribution in [3.8, 4) is 0 Å². The van der Waals surface area contributed by atoms with Gasteiger partial charge in [-0.05, 0) is 43.9 Å². The van der Waals surface area contributed by atoms with Gasteiger partial charge in [-0.1, -0.05) is 6.07 Å². The van der Waals surface area contributed by atoms with Crippen LogP contribution in [0.4, 0.5) is 0 Å². The first-order valence-electron chi connectivity index (χ1n) is 6.69. The maximum Gasteiger partial charge on any atom is 0.0522 e. The Morgan fingerprint density at radius 1 is 1.42 bits per heavy atom. The number of hydrogen-bond acceptors (Lipinski definition) is 4. The average Bonchev–Trinajstić information content (AvgIpc) is 2.92. The second kappa shape index (κ2) is 7.01. The van der Waals surface area contributed by atoms with Gasteiger partial charge in [-0.25, -0.2) is 0 Å². The molecule has 102 valence electrons. The van der Waals surface area contributed by atoms with Crippen molar-refractivity contribution in [2.24, 2.45) is 5.84 Å². The summed E-state index contributed by atoms with van der Waals surface area (Å²) in [6.07, 6.45) is 8.59. The van der Waals surface area contributed by atoms with E-state index in [2.05, 4.69) is 28.6 Å². The molecule has 0 aliphatic rings. The molecule has 2 aromatic heterocycles. The van der Waals surface area contributed by atoms with Crippen LogP contribution in [0.25, 0.3) is 0 Å². The first kappa shape index (κ1) is 13.7. The van der Waals surface area contributed by atoms with E-state index < -0.39 is 0 Å². The lowest BCUT2D eigenvalue weighted by Crippen LogP contribution is -2.37. The van der Waals surface area contributed by atoms with Gasteiger partial charge in [-0.15, -0.1) is 0 Å². The summed E-state index contributed by atoms with van der Waals surface area (Å²) in [7, 11) is 0. The number of nitrogens with two attached hydrogens (primary N) is 1. The summed E-state index contributed by atoms with van der Waals surface area (Å²) in [4.78, 5) is 4.32. The van der Waals surface area contributed by atoms with Crippen LogP contribution in [0.1, 0.15) is 24.6 Å². The lowest BCUT2D eigenvalue weighted by molar-refractivity contribution is 0.489. The van der Waals surface area contributed by atoms with Crippen LogP contribution in [0.5, 0.6) is 0 Å². The van der Waals surface area contributed by atoms with E-state index in [4.69, 9.17) is 5.84 Å². The fourth-order valence-electron chi connectivity index (χ4n) is 2.08. The minimum absolute atomic E-state index is 0.247.